The van der Waals surface area contributed by atoms with E-state index in [0.717, 1.165) is 96.8 Å². The van der Waals surface area contributed by atoms with Crippen LogP contribution in [0.15, 0.2) is 52.9 Å². The Morgan fingerprint density at radius 3 is 1.75 bits per heavy atom. The number of hydrogen-bond acceptors (Lipinski definition) is 10. The number of hydrogen-bond donors (Lipinski definition) is 2. The van der Waals surface area contributed by atoms with Gasteiger partial charge in [0.2, 0.25) is 0 Å². The fraction of sp³-hybridized carbons (Fsp3) is 0.625. The van der Waals surface area contributed by atoms with E-state index in [1.165, 1.54) is 84.2 Å². The molecule has 4 aromatic rings. The molecule has 11 nitrogen and oxygen atoms in total. The summed E-state index contributed by atoms with van der Waals surface area (Å²) in [5.41, 5.74) is 0.679. The third kappa shape index (κ3) is 12.7. The van der Waals surface area contributed by atoms with Crippen LogP contribution in [0, 0.1) is 5.92 Å². The zero-order chi connectivity index (χ0) is 41.7. The number of fused-ring (bicyclic) bond motifs is 2. The zero-order valence-electron chi connectivity index (χ0n) is 36.6. The predicted molar refractivity (Wildman–Crippen MR) is 244 cm³/mol. The molecule has 0 unspecified atom stereocenters. The number of carbonyl (C=O) groups excluding carboxylic acids is 2. The van der Waals surface area contributed by atoms with Gasteiger partial charge in [0.1, 0.15) is 17.1 Å². The summed E-state index contributed by atoms with van der Waals surface area (Å²) in [7, 11) is 1.63. The van der Waals surface area contributed by atoms with Gasteiger partial charge >= 0.3 is 0 Å². The fourth-order valence-corrected chi connectivity index (χ4v) is 10.1. The Bertz CT molecular complexity index is 1930. The van der Waals surface area contributed by atoms with E-state index in [9.17, 15) is 9.59 Å². The second-order valence-corrected chi connectivity index (χ2v) is 18.9. The van der Waals surface area contributed by atoms with Crippen molar-refractivity contribution in [2.45, 2.75) is 96.6 Å². The van der Waals surface area contributed by atoms with Crippen molar-refractivity contribution in [1.82, 2.24) is 30.2 Å². The highest BCUT2D eigenvalue weighted by Gasteiger charge is 2.25. The molecule has 4 aliphatic heterocycles. The number of nitrogens with one attached hydrogen (secondary N) is 2. The van der Waals surface area contributed by atoms with Crippen molar-refractivity contribution in [2.75, 3.05) is 92.3 Å². The van der Waals surface area contributed by atoms with Crippen LogP contribution >= 0.6 is 11.3 Å². The Labute approximate surface area is 362 Å². The van der Waals surface area contributed by atoms with Gasteiger partial charge in [0, 0.05) is 80.6 Å². The standard InChI is InChI=1S/C25H37N3O2S.C23H33N3O3/c1-19(2)18-30-22-7-6-8-23-21(22)17-24(31-23)25(29)26-20-9-13-28(14-10-20)16-15-27-11-4-3-5-12-27;1-28-20-7-6-8-21-19(20)17-22(29-21)23(27)24-18-9-13-26(14-10-18)16-15-25-11-4-2-3-5-12-25/h6-8,17,19-20H,3-5,9-16,18H2,1-2H3,(H,26,29);6-8,17-18H,2-5,9-16H2,1H3,(H,24,27). The number of thiophene rings is 1. The summed E-state index contributed by atoms with van der Waals surface area (Å²) in [5.74, 6) is 2.36. The SMILES string of the molecule is CC(C)COc1cccc2sc(C(=O)NC3CCN(CCN4CCCCC4)CC3)cc12.COc1cccc2oc(C(=O)NC3CCN(CCN4CCCCCC4)CC3)cc12. The van der Waals surface area contributed by atoms with Gasteiger partial charge in [0.15, 0.2) is 5.76 Å². The number of ether oxygens (including phenoxy) is 2. The maximum Gasteiger partial charge on any atom is 0.287 e. The van der Waals surface area contributed by atoms with Gasteiger partial charge in [-0.25, -0.2) is 0 Å². The number of methoxy groups -OCH3 is 1. The highest BCUT2D eigenvalue weighted by atomic mass is 32.1. The Morgan fingerprint density at radius 1 is 0.667 bits per heavy atom. The lowest BCUT2D eigenvalue weighted by atomic mass is 10.0. The summed E-state index contributed by atoms with van der Waals surface area (Å²) in [4.78, 5) is 36.7. The summed E-state index contributed by atoms with van der Waals surface area (Å²) in [5, 5.41) is 8.33. The van der Waals surface area contributed by atoms with Crippen molar-refractivity contribution in [3.63, 3.8) is 0 Å². The van der Waals surface area contributed by atoms with Crippen molar-refractivity contribution in [3.8, 4) is 11.5 Å². The zero-order valence-corrected chi connectivity index (χ0v) is 37.4. The first-order valence-corrected chi connectivity index (χ1v) is 23.9. The lowest BCUT2D eigenvalue weighted by molar-refractivity contribution is 0.0879. The average molecular weight is 843 g/mol. The molecular weight excluding hydrogens is 773 g/mol. The largest absolute Gasteiger partial charge is 0.496 e. The summed E-state index contributed by atoms with van der Waals surface area (Å²) in [6.07, 6.45) is 13.7. The molecule has 0 radical (unpaired) electrons. The van der Waals surface area contributed by atoms with E-state index in [2.05, 4.69) is 50.1 Å². The first kappa shape index (κ1) is 44.4. The topological polar surface area (TPSA) is 103 Å². The van der Waals surface area contributed by atoms with E-state index >= 15 is 0 Å². The van der Waals surface area contributed by atoms with Gasteiger partial charge in [-0.05, 0) is 114 Å². The van der Waals surface area contributed by atoms with Crippen molar-refractivity contribution in [3.05, 3.63) is 59.2 Å². The van der Waals surface area contributed by atoms with Crippen molar-refractivity contribution >= 4 is 44.2 Å². The van der Waals surface area contributed by atoms with Crippen LogP contribution < -0.4 is 20.1 Å². The summed E-state index contributed by atoms with van der Waals surface area (Å²) >= 11 is 1.56. The van der Waals surface area contributed by atoms with Gasteiger partial charge in [-0.2, -0.15) is 0 Å². The molecule has 2 N–H and O–H groups in total. The number of rotatable bonds is 14. The predicted octanol–water partition coefficient (Wildman–Crippen LogP) is 8.13. The van der Waals surface area contributed by atoms with Gasteiger partial charge in [0.05, 0.1) is 24.0 Å². The van der Waals surface area contributed by atoms with Gasteiger partial charge < -0.3 is 44.1 Å². The molecule has 6 heterocycles. The minimum absolute atomic E-state index is 0.0581. The average Bonchev–Trinajstić information content (AvgIpc) is 3.84. The lowest BCUT2D eigenvalue weighted by Crippen LogP contribution is -2.46. The van der Waals surface area contributed by atoms with Crippen molar-refractivity contribution < 1.29 is 23.5 Å². The van der Waals surface area contributed by atoms with Crippen LogP contribution in [0.25, 0.3) is 21.1 Å². The molecule has 4 saturated heterocycles. The molecule has 0 aliphatic carbocycles. The number of carbonyl (C=O) groups is 2. The molecule has 4 fully saturated rings. The number of furan rings is 1. The van der Waals surface area contributed by atoms with E-state index in [1.807, 2.05) is 36.4 Å². The van der Waals surface area contributed by atoms with Gasteiger partial charge in [-0.3, -0.25) is 9.59 Å². The molecule has 328 valence electrons. The first-order chi connectivity index (χ1) is 29.3. The highest BCUT2D eigenvalue weighted by molar-refractivity contribution is 7.20. The molecule has 4 aliphatic rings. The summed E-state index contributed by atoms with van der Waals surface area (Å²) in [6, 6.07) is 16.0. The van der Waals surface area contributed by atoms with E-state index in [1.54, 1.807) is 24.5 Å². The summed E-state index contributed by atoms with van der Waals surface area (Å²) < 4.78 is 18.2. The lowest BCUT2D eigenvalue weighted by Gasteiger charge is -2.34. The van der Waals surface area contributed by atoms with E-state index in [4.69, 9.17) is 13.9 Å². The van der Waals surface area contributed by atoms with Crippen LogP contribution in [-0.4, -0.2) is 136 Å². The molecule has 0 bridgehead atoms. The maximum atomic E-state index is 12.9. The number of benzene rings is 2. The van der Waals surface area contributed by atoms with Gasteiger partial charge in [0.25, 0.3) is 11.8 Å². The van der Waals surface area contributed by atoms with Crippen molar-refractivity contribution in [1.29, 1.82) is 0 Å². The van der Waals surface area contributed by atoms with Crippen LogP contribution in [0.2, 0.25) is 0 Å². The smallest absolute Gasteiger partial charge is 0.287 e. The van der Waals surface area contributed by atoms with Crippen LogP contribution in [0.3, 0.4) is 0 Å². The molecule has 0 saturated carbocycles. The quantitative estimate of drug-likeness (QED) is 0.130. The number of piperidine rings is 3. The minimum atomic E-state index is -0.133. The van der Waals surface area contributed by atoms with Crippen LogP contribution in [0.4, 0.5) is 0 Å². The minimum Gasteiger partial charge on any atom is -0.496 e. The molecule has 12 heteroatoms. The summed E-state index contributed by atoms with van der Waals surface area (Å²) in [6.45, 7) is 19.0. The normalized spacial score (nSPS) is 19.5. The first-order valence-electron chi connectivity index (χ1n) is 23.0. The number of likely N-dealkylation sites (tertiary alicyclic amines) is 4. The Kier molecular flexibility index (Phi) is 16.6. The van der Waals surface area contributed by atoms with Crippen LogP contribution in [-0.2, 0) is 0 Å². The van der Waals surface area contributed by atoms with E-state index < -0.39 is 0 Å². The van der Waals surface area contributed by atoms with E-state index in [-0.39, 0.29) is 23.9 Å². The third-order valence-electron chi connectivity index (χ3n) is 12.7. The van der Waals surface area contributed by atoms with Crippen molar-refractivity contribution in [2.24, 2.45) is 5.92 Å². The molecule has 0 spiro atoms. The number of nitrogens with zero attached hydrogens (tertiary/aromatic N) is 4. The molecule has 60 heavy (non-hydrogen) atoms. The van der Waals surface area contributed by atoms with Gasteiger partial charge in [-0.1, -0.05) is 45.2 Å². The molecule has 2 amide bonds. The second kappa shape index (κ2) is 22.4. The van der Waals surface area contributed by atoms with Crippen LogP contribution in [0.1, 0.15) is 105 Å². The van der Waals surface area contributed by atoms with Crippen LogP contribution in [0.5, 0.6) is 11.5 Å². The molecule has 2 aromatic carbocycles. The molecule has 0 atom stereocenters. The molecular formula is C48H70N6O5S. The van der Waals surface area contributed by atoms with Gasteiger partial charge in [-0.15, -0.1) is 11.3 Å². The highest BCUT2D eigenvalue weighted by Crippen LogP contribution is 2.33. The second-order valence-electron chi connectivity index (χ2n) is 17.8. The molecule has 8 rings (SSSR count). The molecule has 2 aromatic heterocycles. The Balaban J connectivity index is 0.000000182. The fourth-order valence-electron chi connectivity index (χ4n) is 9.08. The van der Waals surface area contributed by atoms with E-state index in [0.29, 0.717) is 23.9 Å². The monoisotopic (exact) mass is 843 g/mol. The third-order valence-corrected chi connectivity index (χ3v) is 13.8. The maximum absolute atomic E-state index is 12.9. The Hall–Kier alpha value is -3.68. The Morgan fingerprint density at radius 2 is 1.18 bits per heavy atom. The number of amides is 2.